The van der Waals surface area contributed by atoms with Gasteiger partial charge in [0.1, 0.15) is 11.9 Å². The lowest BCUT2D eigenvalue weighted by Crippen LogP contribution is -2.55. The molecule has 0 aromatic heterocycles. The van der Waals surface area contributed by atoms with Crippen molar-refractivity contribution in [1.29, 1.82) is 0 Å². The lowest BCUT2D eigenvalue weighted by atomic mass is 9.44. The highest BCUT2D eigenvalue weighted by molar-refractivity contribution is 5.80. The third-order valence-electron chi connectivity index (χ3n) is 11.2. The number of rotatable bonds is 2. The average Bonchev–Trinajstić information content (AvgIpc) is 3.20. The summed E-state index contributed by atoms with van der Waals surface area (Å²) in [4.78, 5) is 24.2. The highest BCUT2D eigenvalue weighted by Gasteiger charge is 2.80. The van der Waals surface area contributed by atoms with E-state index in [0.717, 1.165) is 19.3 Å². The Morgan fingerprint density at radius 2 is 1.69 bits per heavy atom. The quantitative estimate of drug-likeness (QED) is 0.432. The molecule has 0 unspecified atom stereocenters. The van der Waals surface area contributed by atoms with Crippen LogP contribution >= 0.6 is 0 Å². The van der Waals surface area contributed by atoms with E-state index in [9.17, 15) is 9.59 Å². The SMILES string of the molecule is CC(=O)O[C@H]1CC[C@]23C[C@]24CC[C@]2(C)[C@@H](C(C)=O)CC[C@@]2(C)[C@@H]4CC=C3C1(C)C. The molecule has 0 saturated heterocycles. The summed E-state index contributed by atoms with van der Waals surface area (Å²) >= 11 is 0. The molecule has 0 radical (unpaired) electrons. The van der Waals surface area contributed by atoms with E-state index in [4.69, 9.17) is 4.74 Å². The van der Waals surface area contributed by atoms with Crippen LogP contribution in [0.2, 0.25) is 0 Å². The number of hydrogen-bond donors (Lipinski definition) is 0. The van der Waals surface area contributed by atoms with Crippen molar-refractivity contribution >= 4 is 11.8 Å². The summed E-state index contributed by atoms with van der Waals surface area (Å²) in [6.45, 7) is 12.9. The number of allylic oxidation sites excluding steroid dienone is 1. The molecule has 29 heavy (non-hydrogen) atoms. The van der Waals surface area contributed by atoms with Crippen LogP contribution in [0.3, 0.4) is 0 Å². The summed E-state index contributed by atoms with van der Waals surface area (Å²) in [7, 11) is 0. The number of fused-ring (bicyclic) bond motifs is 2. The lowest BCUT2D eigenvalue weighted by Gasteiger charge is -2.60. The van der Waals surface area contributed by atoms with Gasteiger partial charge in [0.25, 0.3) is 0 Å². The molecule has 5 rings (SSSR count). The molecule has 5 aliphatic rings. The first-order valence-corrected chi connectivity index (χ1v) is 11.8. The standard InChI is InChI=1S/C26H38O3/c1-16(27)18-9-11-24(6)20-8-7-19-22(3,4)21(29-17(2)28)10-12-25(19)15-26(20,25)14-13-23(18,24)5/h7,18,20-21H,8-15H2,1-6H3/t18-,20+,21+,23-,24+,25-,26+/m1/s1. The van der Waals surface area contributed by atoms with Gasteiger partial charge in [0, 0.05) is 18.3 Å². The smallest absolute Gasteiger partial charge is 0.302 e. The van der Waals surface area contributed by atoms with Crippen LogP contribution in [-0.4, -0.2) is 17.9 Å². The minimum atomic E-state index is -0.152. The Balaban J connectivity index is 1.54. The molecule has 3 heteroatoms. The number of carbonyl (C=O) groups excluding carboxylic acids is 2. The first-order chi connectivity index (χ1) is 13.4. The van der Waals surface area contributed by atoms with Crippen LogP contribution in [0.1, 0.15) is 92.9 Å². The van der Waals surface area contributed by atoms with Crippen LogP contribution in [0.15, 0.2) is 11.6 Å². The Morgan fingerprint density at radius 3 is 2.34 bits per heavy atom. The molecule has 160 valence electrons. The summed E-state index contributed by atoms with van der Waals surface area (Å²) in [6, 6.07) is 0. The minimum absolute atomic E-state index is 0.00379. The second-order valence-corrected chi connectivity index (χ2v) is 12.2. The predicted molar refractivity (Wildman–Crippen MR) is 113 cm³/mol. The molecular weight excluding hydrogens is 360 g/mol. The van der Waals surface area contributed by atoms with Gasteiger partial charge in [-0.3, -0.25) is 9.59 Å². The third-order valence-corrected chi connectivity index (χ3v) is 11.2. The number of ether oxygens (including phenoxy) is 1. The van der Waals surface area contributed by atoms with E-state index in [-0.39, 0.29) is 34.2 Å². The molecule has 7 atom stereocenters. The molecule has 0 N–H and O–H groups in total. The van der Waals surface area contributed by atoms with E-state index in [1.807, 2.05) is 6.92 Å². The van der Waals surface area contributed by atoms with Crippen molar-refractivity contribution in [2.75, 3.05) is 0 Å². The Bertz CT molecular complexity index is 824. The Hall–Kier alpha value is -1.12. The zero-order valence-electron chi connectivity index (χ0n) is 19.2. The molecule has 0 aliphatic heterocycles. The summed E-state index contributed by atoms with van der Waals surface area (Å²) in [6.07, 6.45) is 12.0. The van der Waals surface area contributed by atoms with Gasteiger partial charge in [-0.15, -0.1) is 0 Å². The van der Waals surface area contributed by atoms with E-state index in [1.54, 1.807) is 12.5 Å². The molecule has 4 fully saturated rings. The summed E-state index contributed by atoms with van der Waals surface area (Å²) in [5.41, 5.74) is 2.70. The van der Waals surface area contributed by atoms with Crippen LogP contribution in [-0.2, 0) is 14.3 Å². The minimum Gasteiger partial charge on any atom is -0.462 e. The topological polar surface area (TPSA) is 43.4 Å². The number of ketones is 1. The number of Topliss-reactive ketones (excluding diaryl/α,β-unsaturated/α-hetero) is 1. The molecule has 0 amide bonds. The van der Waals surface area contributed by atoms with Crippen molar-refractivity contribution in [3.8, 4) is 0 Å². The first-order valence-electron chi connectivity index (χ1n) is 11.8. The Morgan fingerprint density at radius 1 is 0.966 bits per heavy atom. The Kier molecular flexibility index (Phi) is 3.80. The maximum Gasteiger partial charge on any atom is 0.302 e. The van der Waals surface area contributed by atoms with Crippen LogP contribution in [0.25, 0.3) is 0 Å². The largest absolute Gasteiger partial charge is 0.462 e. The van der Waals surface area contributed by atoms with Crippen molar-refractivity contribution in [2.24, 2.45) is 38.9 Å². The van der Waals surface area contributed by atoms with Crippen molar-refractivity contribution in [3.63, 3.8) is 0 Å². The molecule has 5 aliphatic carbocycles. The first kappa shape index (κ1) is 19.8. The molecule has 0 aromatic rings. The third kappa shape index (κ3) is 2.11. The molecule has 2 spiro atoms. The average molecular weight is 399 g/mol. The maximum atomic E-state index is 12.5. The van der Waals surface area contributed by atoms with Gasteiger partial charge in [0.05, 0.1) is 0 Å². The van der Waals surface area contributed by atoms with E-state index < -0.39 is 0 Å². The number of esters is 1. The van der Waals surface area contributed by atoms with Crippen LogP contribution in [0.5, 0.6) is 0 Å². The van der Waals surface area contributed by atoms with E-state index >= 15 is 0 Å². The maximum absolute atomic E-state index is 12.5. The fraction of sp³-hybridized carbons (Fsp3) is 0.846. The lowest BCUT2D eigenvalue weighted by molar-refractivity contribution is -0.155. The van der Waals surface area contributed by atoms with E-state index in [0.29, 0.717) is 22.5 Å². The second-order valence-electron chi connectivity index (χ2n) is 12.2. The highest BCUT2D eigenvalue weighted by Crippen LogP contribution is 2.87. The molecule has 4 saturated carbocycles. The second kappa shape index (κ2) is 5.56. The summed E-state index contributed by atoms with van der Waals surface area (Å²) in [5.74, 6) is 1.21. The van der Waals surface area contributed by atoms with Gasteiger partial charge in [-0.2, -0.15) is 0 Å². The fourth-order valence-corrected chi connectivity index (χ4v) is 9.63. The van der Waals surface area contributed by atoms with Gasteiger partial charge in [-0.25, -0.2) is 0 Å². The van der Waals surface area contributed by atoms with Gasteiger partial charge < -0.3 is 4.74 Å². The normalized spacial score (nSPS) is 51.7. The van der Waals surface area contributed by atoms with Gasteiger partial charge in [-0.1, -0.05) is 39.3 Å². The van der Waals surface area contributed by atoms with Crippen LogP contribution in [0.4, 0.5) is 0 Å². The number of carbonyl (C=O) groups is 2. The van der Waals surface area contributed by atoms with Gasteiger partial charge in [0.2, 0.25) is 0 Å². The van der Waals surface area contributed by atoms with Gasteiger partial charge in [-0.05, 0) is 85.9 Å². The predicted octanol–water partition coefficient (Wildman–Crippen LogP) is 5.87. The fourth-order valence-electron chi connectivity index (χ4n) is 9.63. The highest BCUT2D eigenvalue weighted by atomic mass is 16.5. The van der Waals surface area contributed by atoms with E-state index in [1.165, 1.54) is 32.1 Å². The molecule has 0 heterocycles. The van der Waals surface area contributed by atoms with Crippen LogP contribution in [0, 0.1) is 38.9 Å². The zero-order valence-corrected chi connectivity index (χ0v) is 19.2. The molecule has 3 nitrogen and oxygen atoms in total. The van der Waals surface area contributed by atoms with Crippen molar-refractivity contribution in [3.05, 3.63) is 11.6 Å². The van der Waals surface area contributed by atoms with Gasteiger partial charge >= 0.3 is 5.97 Å². The van der Waals surface area contributed by atoms with Crippen molar-refractivity contribution < 1.29 is 14.3 Å². The molecule has 0 bridgehead atoms. The summed E-state index contributed by atoms with van der Waals surface area (Å²) < 4.78 is 5.78. The van der Waals surface area contributed by atoms with Gasteiger partial charge in [0.15, 0.2) is 0 Å². The monoisotopic (exact) mass is 398 g/mol. The van der Waals surface area contributed by atoms with Crippen LogP contribution < -0.4 is 0 Å². The summed E-state index contributed by atoms with van der Waals surface area (Å²) in [5, 5.41) is 0. The van der Waals surface area contributed by atoms with Crippen molar-refractivity contribution in [2.45, 2.75) is 99.0 Å². The molecule has 0 aromatic carbocycles. The van der Waals surface area contributed by atoms with Crippen molar-refractivity contribution in [1.82, 2.24) is 0 Å². The zero-order chi connectivity index (χ0) is 21.0. The number of hydrogen-bond acceptors (Lipinski definition) is 3. The Labute approximate surface area is 176 Å². The molecular formula is C26H38O3. The van der Waals surface area contributed by atoms with E-state index in [2.05, 4.69) is 33.8 Å².